The Balaban J connectivity index is 1.36. The molecule has 0 atom stereocenters. The fourth-order valence-corrected chi connectivity index (χ4v) is 3.94. The van der Waals surface area contributed by atoms with E-state index in [4.69, 9.17) is 14.9 Å². The van der Waals surface area contributed by atoms with Crippen LogP contribution in [0.25, 0.3) is 11.3 Å². The van der Waals surface area contributed by atoms with Gasteiger partial charge in [-0.2, -0.15) is 5.10 Å². The molecule has 9 nitrogen and oxygen atoms in total. The summed E-state index contributed by atoms with van der Waals surface area (Å²) in [5, 5.41) is 18.9. The predicted molar refractivity (Wildman–Crippen MR) is 124 cm³/mol. The number of pyridine rings is 1. The number of hydrogen-bond donors (Lipinski definition) is 3. The quantitative estimate of drug-likeness (QED) is 0.470. The van der Waals surface area contributed by atoms with Crippen LogP contribution in [0.15, 0.2) is 42.5 Å². The van der Waals surface area contributed by atoms with E-state index in [1.165, 1.54) is 6.21 Å². The van der Waals surface area contributed by atoms with Crippen LogP contribution in [-0.4, -0.2) is 71.4 Å². The van der Waals surface area contributed by atoms with Gasteiger partial charge in [0.05, 0.1) is 30.5 Å². The van der Waals surface area contributed by atoms with Gasteiger partial charge in [0.2, 0.25) is 0 Å². The van der Waals surface area contributed by atoms with E-state index in [0.717, 1.165) is 43.4 Å². The standard InChI is InChI=1S/C23H27N7O2/c1-25-23-18(10-24)20(32-17-11-30(12-17)16-13-31-14-16)9-21(27-23)26-22-8-19(28-29(22)2)15-6-4-3-5-7-15/h3-10,16-17,24H,11-14H2,1-2H3,(H2,25,26,27). The summed E-state index contributed by atoms with van der Waals surface area (Å²) in [6.07, 6.45) is 1.38. The van der Waals surface area contributed by atoms with Gasteiger partial charge < -0.3 is 25.5 Å². The van der Waals surface area contributed by atoms with Gasteiger partial charge in [0.1, 0.15) is 29.3 Å². The van der Waals surface area contributed by atoms with Crippen LogP contribution in [0.4, 0.5) is 17.5 Å². The Morgan fingerprint density at radius 3 is 2.62 bits per heavy atom. The van der Waals surface area contributed by atoms with E-state index in [1.807, 2.05) is 49.5 Å². The maximum absolute atomic E-state index is 7.87. The van der Waals surface area contributed by atoms with E-state index < -0.39 is 0 Å². The van der Waals surface area contributed by atoms with Crippen LogP contribution in [-0.2, 0) is 11.8 Å². The maximum atomic E-state index is 7.87. The molecule has 0 bridgehead atoms. The highest BCUT2D eigenvalue weighted by atomic mass is 16.5. The van der Waals surface area contributed by atoms with Crippen molar-refractivity contribution in [3.8, 4) is 17.0 Å². The summed E-state index contributed by atoms with van der Waals surface area (Å²) in [5.74, 6) is 2.67. The van der Waals surface area contributed by atoms with Crippen molar-refractivity contribution in [3.63, 3.8) is 0 Å². The summed E-state index contributed by atoms with van der Waals surface area (Å²) < 4.78 is 13.3. The average Bonchev–Trinajstić information content (AvgIpc) is 3.11. The van der Waals surface area contributed by atoms with Crippen molar-refractivity contribution in [2.24, 2.45) is 7.05 Å². The molecule has 2 saturated heterocycles. The van der Waals surface area contributed by atoms with E-state index in [0.29, 0.717) is 29.0 Å². The lowest BCUT2D eigenvalue weighted by atomic mass is 10.1. The molecule has 0 unspecified atom stereocenters. The molecule has 3 N–H and O–H groups in total. The van der Waals surface area contributed by atoms with Crippen molar-refractivity contribution < 1.29 is 9.47 Å². The molecule has 32 heavy (non-hydrogen) atoms. The lowest BCUT2D eigenvalue weighted by Crippen LogP contribution is -2.63. The van der Waals surface area contributed by atoms with E-state index in [2.05, 4.69) is 25.6 Å². The largest absolute Gasteiger partial charge is 0.487 e. The van der Waals surface area contributed by atoms with Crippen molar-refractivity contribution in [1.29, 1.82) is 5.41 Å². The smallest absolute Gasteiger partial charge is 0.140 e. The number of aryl methyl sites for hydroxylation is 1. The highest BCUT2D eigenvalue weighted by Gasteiger charge is 2.37. The predicted octanol–water partition coefficient (Wildman–Crippen LogP) is 2.73. The third kappa shape index (κ3) is 3.92. The number of nitrogens with zero attached hydrogens (tertiary/aromatic N) is 4. The number of hydrogen-bond acceptors (Lipinski definition) is 8. The summed E-state index contributed by atoms with van der Waals surface area (Å²) in [5.41, 5.74) is 2.57. The van der Waals surface area contributed by atoms with E-state index in [-0.39, 0.29) is 6.10 Å². The number of rotatable bonds is 8. The molecule has 4 heterocycles. The lowest BCUT2D eigenvalue weighted by molar-refractivity contribution is -0.115. The Bertz CT molecular complexity index is 1110. The van der Waals surface area contributed by atoms with Crippen molar-refractivity contribution >= 4 is 23.7 Å². The summed E-state index contributed by atoms with van der Waals surface area (Å²) in [6.45, 7) is 3.35. The highest BCUT2D eigenvalue weighted by molar-refractivity contribution is 5.89. The molecule has 0 saturated carbocycles. The average molecular weight is 434 g/mol. The molecule has 2 aliphatic heterocycles. The summed E-state index contributed by atoms with van der Waals surface area (Å²) in [7, 11) is 3.69. The van der Waals surface area contributed by atoms with Crippen LogP contribution in [0.1, 0.15) is 5.56 Å². The number of anilines is 3. The van der Waals surface area contributed by atoms with Gasteiger partial charge in [0, 0.05) is 51.1 Å². The normalized spacial score (nSPS) is 16.8. The fraction of sp³-hybridized carbons (Fsp3) is 0.348. The first kappa shape index (κ1) is 20.5. The third-order valence-electron chi connectivity index (χ3n) is 5.91. The van der Waals surface area contributed by atoms with Crippen LogP contribution in [0, 0.1) is 5.41 Å². The molecular weight excluding hydrogens is 406 g/mol. The van der Waals surface area contributed by atoms with Crippen molar-refractivity contribution in [3.05, 3.63) is 48.0 Å². The number of ether oxygens (including phenoxy) is 2. The Morgan fingerprint density at radius 2 is 1.97 bits per heavy atom. The molecule has 1 aromatic carbocycles. The van der Waals surface area contributed by atoms with Gasteiger partial charge in [-0.05, 0) is 0 Å². The third-order valence-corrected chi connectivity index (χ3v) is 5.91. The first-order valence-corrected chi connectivity index (χ1v) is 10.7. The lowest BCUT2D eigenvalue weighted by Gasteiger charge is -2.47. The van der Waals surface area contributed by atoms with Crippen molar-refractivity contribution in [2.75, 3.05) is 44.0 Å². The van der Waals surface area contributed by atoms with Gasteiger partial charge in [-0.25, -0.2) is 4.98 Å². The molecule has 9 heteroatoms. The zero-order chi connectivity index (χ0) is 22.1. The second-order valence-corrected chi connectivity index (χ2v) is 8.08. The van der Waals surface area contributed by atoms with Crippen LogP contribution in [0.5, 0.6) is 5.75 Å². The van der Waals surface area contributed by atoms with E-state index in [1.54, 1.807) is 11.7 Å². The Morgan fingerprint density at radius 1 is 1.19 bits per heavy atom. The molecule has 2 fully saturated rings. The zero-order valence-electron chi connectivity index (χ0n) is 18.2. The zero-order valence-corrected chi connectivity index (χ0v) is 18.2. The minimum atomic E-state index is 0.0932. The molecule has 0 aliphatic carbocycles. The fourth-order valence-electron chi connectivity index (χ4n) is 3.94. The molecule has 2 aromatic heterocycles. The summed E-state index contributed by atoms with van der Waals surface area (Å²) in [6, 6.07) is 14.4. The molecule has 5 rings (SSSR count). The van der Waals surface area contributed by atoms with Crippen molar-refractivity contribution in [1.82, 2.24) is 19.7 Å². The molecule has 3 aromatic rings. The second-order valence-electron chi connectivity index (χ2n) is 8.08. The van der Waals surface area contributed by atoms with Gasteiger partial charge in [-0.15, -0.1) is 0 Å². The SMILES string of the molecule is CNc1nc(Nc2cc(-c3ccccc3)nn2C)cc(OC2CN(C3COC3)C2)c1C=N. The monoisotopic (exact) mass is 433 g/mol. The molecule has 0 amide bonds. The Hall–Kier alpha value is -3.43. The summed E-state index contributed by atoms with van der Waals surface area (Å²) in [4.78, 5) is 7.01. The number of nitrogens with one attached hydrogen (secondary N) is 3. The molecule has 166 valence electrons. The number of benzene rings is 1. The number of aromatic nitrogens is 3. The molecular formula is C23H27N7O2. The van der Waals surface area contributed by atoms with Gasteiger partial charge in [-0.1, -0.05) is 30.3 Å². The Kier molecular flexibility index (Phi) is 5.50. The van der Waals surface area contributed by atoms with Crippen LogP contribution >= 0.6 is 0 Å². The minimum absolute atomic E-state index is 0.0932. The maximum Gasteiger partial charge on any atom is 0.140 e. The van der Waals surface area contributed by atoms with Gasteiger partial charge in [-0.3, -0.25) is 9.58 Å². The van der Waals surface area contributed by atoms with Crippen LogP contribution in [0.2, 0.25) is 0 Å². The summed E-state index contributed by atoms with van der Waals surface area (Å²) >= 11 is 0. The first-order valence-electron chi connectivity index (χ1n) is 10.7. The molecule has 2 aliphatic rings. The second kappa shape index (κ2) is 8.60. The Labute approximate surface area is 186 Å². The number of likely N-dealkylation sites (tertiary alicyclic amines) is 1. The van der Waals surface area contributed by atoms with E-state index >= 15 is 0 Å². The molecule has 0 spiro atoms. The van der Waals surface area contributed by atoms with E-state index in [9.17, 15) is 0 Å². The minimum Gasteiger partial charge on any atom is -0.487 e. The first-order chi connectivity index (χ1) is 15.6. The van der Waals surface area contributed by atoms with Gasteiger partial charge >= 0.3 is 0 Å². The van der Waals surface area contributed by atoms with Gasteiger partial charge in [0.15, 0.2) is 0 Å². The van der Waals surface area contributed by atoms with Crippen molar-refractivity contribution in [2.45, 2.75) is 12.1 Å². The van der Waals surface area contributed by atoms with Crippen LogP contribution < -0.4 is 15.4 Å². The topological polar surface area (TPSA) is 100 Å². The van der Waals surface area contributed by atoms with Gasteiger partial charge in [0.25, 0.3) is 0 Å². The van der Waals surface area contributed by atoms with Crippen LogP contribution in [0.3, 0.4) is 0 Å². The molecule has 0 radical (unpaired) electrons. The highest BCUT2D eigenvalue weighted by Crippen LogP contribution is 2.32.